The molecule has 1 N–H and O–H groups in total. The number of hydrogen-bond donors (Lipinski definition) is 1. The zero-order valence-electron chi connectivity index (χ0n) is 14.1. The lowest BCUT2D eigenvalue weighted by atomic mass is 10.1. The third-order valence-electron chi connectivity index (χ3n) is 3.67. The molecule has 130 valence electrons. The van der Waals surface area contributed by atoms with E-state index < -0.39 is 5.97 Å². The molecule has 0 saturated heterocycles. The highest BCUT2D eigenvalue weighted by Gasteiger charge is 2.13. The fourth-order valence-corrected chi connectivity index (χ4v) is 2.36. The molecule has 0 aliphatic rings. The molecular weight excluding hydrogens is 330 g/mol. The lowest BCUT2D eigenvalue weighted by molar-refractivity contribution is 0.0600. The summed E-state index contributed by atoms with van der Waals surface area (Å²) in [6.45, 7) is 0. The van der Waals surface area contributed by atoms with Crippen molar-refractivity contribution in [1.29, 1.82) is 0 Å². The Kier molecular flexibility index (Phi) is 5.29. The molecular formula is C21H17NO4. The van der Waals surface area contributed by atoms with Crippen molar-refractivity contribution in [3.05, 3.63) is 90.0 Å². The molecule has 0 unspecified atom stereocenters. The highest BCUT2D eigenvalue weighted by atomic mass is 16.5. The van der Waals surface area contributed by atoms with E-state index in [9.17, 15) is 9.59 Å². The van der Waals surface area contributed by atoms with E-state index in [-0.39, 0.29) is 5.91 Å². The first-order valence-corrected chi connectivity index (χ1v) is 7.99. The Hall–Kier alpha value is -3.60. The zero-order valence-corrected chi connectivity index (χ0v) is 14.1. The van der Waals surface area contributed by atoms with Gasteiger partial charge in [0.2, 0.25) is 0 Å². The fraction of sp³-hybridized carbons (Fsp3) is 0.0476. The molecule has 3 rings (SSSR count). The Labute approximate surface area is 151 Å². The van der Waals surface area contributed by atoms with Crippen LogP contribution in [-0.2, 0) is 4.74 Å². The van der Waals surface area contributed by atoms with Crippen LogP contribution in [0.1, 0.15) is 20.7 Å². The second-order valence-corrected chi connectivity index (χ2v) is 5.43. The highest BCUT2D eigenvalue weighted by molar-refractivity contribution is 6.06. The van der Waals surface area contributed by atoms with E-state index in [1.54, 1.807) is 48.5 Å². The summed E-state index contributed by atoms with van der Waals surface area (Å²) in [5, 5.41) is 2.80. The molecule has 5 nitrogen and oxygen atoms in total. The van der Waals surface area contributed by atoms with Gasteiger partial charge in [-0.2, -0.15) is 0 Å². The number of ether oxygens (including phenoxy) is 2. The van der Waals surface area contributed by atoms with Crippen LogP contribution >= 0.6 is 0 Å². The lowest BCUT2D eigenvalue weighted by Crippen LogP contribution is -2.13. The molecule has 0 heterocycles. The molecule has 0 aromatic heterocycles. The van der Waals surface area contributed by atoms with Crippen molar-refractivity contribution < 1.29 is 19.1 Å². The average Bonchev–Trinajstić information content (AvgIpc) is 2.69. The summed E-state index contributed by atoms with van der Waals surface area (Å²) in [7, 11) is 1.32. The second kappa shape index (κ2) is 7.98. The van der Waals surface area contributed by atoms with Crippen LogP contribution in [0.4, 0.5) is 5.69 Å². The molecule has 0 fully saturated rings. The number of methoxy groups -OCH3 is 1. The van der Waals surface area contributed by atoms with Crippen molar-refractivity contribution in [2.24, 2.45) is 0 Å². The molecule has 3 aromatic rings. The van der Waals surface area contributed by atoms with E-state index in [0.717, 1.165) is 0 Å². The van der Waals surface area contributed by atoms with Gasteiger partial charge in [0.05, 0.1) is 18.2 Å². The number of hydrogen-bond acceptors (Lipinski definition) is 4. The van der Waals surface area contributed by atoms with Gasteiger partial charge in [0.15, 0.2) is 0 Å². The molecule has 0 radical (unpaired) electrons. The van der Waals surface area contributed by atoms with Crippen LogP contribution in [0.5, 0.6) is 11.5 Å². The average molecular weight is 347 g/mol. The summed E-state index contributed by atoms with van der Waals surface area (Å²) in [4.78, 5) is 24.1. The molecule has 26 heavy (non-hydrogen) atoms. The van der Waals surface area contributed by atoms with Gasteiger partial charge in [-0.15, -0.1) is 0 Å². The maximum atomic E-state index is 12.6. The van der Waals surface area contributed by atoms with E-state index in [4.69, 9.17) is 4.74 Å². The van der Waals surface area contributed by atoms with Crippen molar-refractivity contribution in [2.75, 3.05) is 12.4 Å². The second-order valence-electron chi connectivity index (χ2n) is 5.43. The van der Waals surface area contributed by atoms with Gasteiger partial charge in [-0.1, -0.05) is 30.3 Å². The van der Waals surface area contributed by atoms with Crippen LogP contribution in [0.25, 0.3) is 0 Å². The molecule has 0 bridgehead atoms. The Morgan fingerprint density at radius 2 is 1.46 bits per heavy atom. The summed E-state index contributed by atoms with van der Waals surface area (Å²) in [5.74, 6) is 0.379. The first kappa shape index (κ1) is 17.2. The zero-order chi connectivity index (χ0) is 18.4. The van der Waals surface area contributed by atoms with Crippen LogP contribution in [-0.4, -0.2) is 19.0 Å². The van der Waals surface area contributed by atoms with Crippen molar-refractivity contribution >= 4 is 17.6 Å². The monoisotopic (exact) mass is 347 g/mol. The van der Waals surface area contributed by atoms with Gasteiger partial charge < -0.3 is 14.8 Å². The number of carbonyl (C=O) groups is 2. The lowest BCUT2D eigenvalue weighted by Gasteiger charge is -2.11. The number of anilines is 1. The van der Waals surface area contributed by atoms with Crippen LogP contribution in [0, 0.1) is 0 Å². The predicted octanol–water partition coefficient (Wildman–Crippen LogP) is 4.52. The third kappa shape index (κ3) is 4.08. The van der Waals surface area contributed by atoms with Gasteiger partial charge in [-0.25, -0.2) is 4.79 Å². The number of amides is 1. The van der Waals surface area contributed by atoms with Crippen molar-refractivity contribution in [3.63, 3.8) is 0 Å². The van der Waals surface area contributed by atoms with Crippen molar-refractivity contribution in [3.8, 4) is 11.5 Å². The molecule has 5 heteroatoms. The summed E-state index contributed by atoms with van der Waals surface area (Å²) < 4.78 is 10.5. The third-order valence-corrected chi connectivity index (χ3v) is 3.67. The van der Waals surface area contributed by atoms with Gasteiger partial charge in [-0.05, 0) is 48.5 Å². The fourth-order valence-electron chi connectivity index (χ4n) is 2.36. The van der Waals surface area contributed by atoms with E-state index in [2.05, 4.69) is 10.1 Å². The van der Waals surface area contributed by atoms with Crippen LogP contribution in [0.3, 0.4) is 0 Å². The van der Waals surface area contributed by atoms with E-state index in [1.165, 1.54) is 7.11 Å². The Balaban J connectivity index is 1.77. The van der Waals surface area contributed by atoms with Crippen LogP contribution < -0.4 is 10.1 Å². The summed E-state index contributed by atoms with van der Waals surface area (Å²) >= 11 is 0. The number of carbonyl (C=O) groups excluding carboxylic acids is 2. The Bertz CT molecular complexity index is 905. The van der Waals surface area contributed by atoms with Gasteiger partial charge >= 0.3 is 5.97 Å². The number of para-hydroxylation sites is 2. The Morgan fingerprint density at radius 3 is 2.15 bits per heavy atom. The van der Waals surface area contributed by atoms with Gasteiger partial charge in [-0.3, -0.25) is 4.79 Å². The highest BCUT2D eigenvalue weighted by Crippen LogP contribution is 2.25. The molecule has 0 spiro atoms. The molecule has 0 aliphatic heterocycles. The summed E-state index contributed by atoms with van der Waals surface area (Å²) in [6.07, 6.45) is 0. The van der Waals surface area contributed by atoms with E-state index >= 15 is 0 Å². The van der Waals surface area contributed by atoms with E-state index in [0.29, 0.717) is 28.3 Å². The molecule has 0 saturated carbocycles. The van der Waals surface area contributed by atoms with Crippen molar-refractivity contribution in [1.82, 2.24) is 0 Å². The molecule has 1 amide bonds. The first-order valence-electron chi connectivity index (χ1n) is 7.99. The first-order chi connectivity index (χ1) is 12.7. The number of esters is 1. The number of nitrogens with one attached hydrogen (secondary N) is 1. The largest absolute Gasteiger partial charge is 0.465 e. The van der Waals surface area contributed by atoms with Gasteiger partial charge in [0, 0.05) is 5.69 Å². The van der Waals surface area contributed by atoms with E-state index in [1.807, 2.05) is 30.3 Å². The van der Waals surface area contributed by atoms with Crippen LogP contribution in [0.2, 0.25) is 0 Å². The van der Waals surface area contributed by atoms with Gasteiger partial charge in [0.1, 0.15) is 11.5 Å². The summed E-state index contributed by atoms with van der Waals surface area (Å²) in [5.41, 5.74) is 1.39. The minimum Gasteiger partial charge on any atom is -0.465 e. The van der Waals surface area contributed by atoms with Crippen LogP contribution in [0.15, 0.2) is 78.9 Å². The maximum Gasteiger partial charge on any atom is 0.337 e. The predicted molar refractivity (Wildman–Crippen MR) is 98.7 cm³/mol. The maximum absolute atomic E-state index is 12.6. The summed E-state index contributed by atoms with van der Waals surface area (Å²) in [6, 6.07) is 22.7. The molecule has 3 aromatic carbocycles. The van der Waals surface area contributed by atoms with Crippen molar-refractivity contribution in [2.45, 2.75) is 0 Å². The van der Waals surface area contributed by atoms with Gasteiger partial charge in [0.25, 0.3) is 5.91 Å². The standard InChI is InChI=1S/C21H17NO4/c1-25-21(24)15-11-13-16(14-12-15)22-20(23)18-9-5-6-10-19(18)26-17-7-3-2-4-8-17/h2-14H,1H3,(H,22,23). The quantitative estimate of drug-likeness (QED) is 0.689. The SMILES string of the molecule is COC(=O)c1ccc(NC(=O)c2ccccc2Oc2ccccc2)cc1. The number of benzene rings is 3. The molecule has 0 atom stereocenters. The smallest absolute Gasteiger partial charge is 0.337 e. The normalized spacial score (nSPS) is 10.0. The minimum atomic E-state index is -0.426. The Morgan fingerprint density at radius 1 is 0.808 bits per heavy atom. The minimum absolute atomic E-state index is 0.303. The topological polar surface area (TPSA) is 64.6 Å². The molecule has 0 aliphatic carbocycles. The number of rotatable bonds is 5.